The Balaban J connectivity index is 1.76. The highest BCUT2D eigenvalue weighted by Gasteiger charge is 2.25. The van der Waals surface area contributed by atoms with Crippen LogP contribution in [0.15, 0.2) is 66.7 Å². The highest BCUT2D eigenvalue weighted by atomic mass is 32.2. The van der Waals surface area contributed by atoms with Crippen molar-refractivity contribution in [2.75, 3.05) is 11.3 Å². The van der Waals surface area contributed by atoms with Gasteiger partial charge in [0.25, 0.3) is 5.91 Å². The Kier molecular flexibility index (Phi) is 11.8. The molecule has 1 amide bonds. The molecule has 2 atom stereocenters. The largest absolute Gasteiger partial charge is 0.390 e. The Hall–Kier alpha value is -3.34. The summed E-state index contributed by atoms with van der Waals surface area (Å²) in [5.74, 6) is -2.08. The van der Waals surface area contributed by atoms with E-state index in [0.29, 0.717) is 19.4 Å². The Morgan fingerprint density at radius 2 is 1.54 bits per heavy atom. The molecule has 4 N–H and O–H groups in total. The van der Waals surface area contributed by atoms with E-state index in [1.54, 1.807) is 26.0 Å². The lowest BCUT2D eigenvalue weighted by molar-refractivity contribution is 0.0830. The van der Waals surface area contributed by atoms with Crippen LogP contribution in [0.5, 0.6) is 0 Å². The maximum atomic E-state index is 13.9. The van der Waals surface area contributed by atoms with E-state index in [4.69, 9.17) is 0 Å². The number of aliphatic hydroxyl groups is 1. The number of benzene rings is 3. The lowest BCUT2D eigenvalue weighted by atomic mass is 10.00. The van der Waals surface area contributed by atoms with Crippen molar-refractivity contribution in [1.82, 2.24) is 10.6 Å². The molecule has 0 aliphatic heterocycles. The fourth-order valence-corrected chi connectivity index (χ4v) is 6.18. The minimum Gasteiger partial charge on any atom is -0.390 e. The van der Waals surface area contributed by atoms with Gasteiger partial charge in [-0.25, -0.2) is 17.2 Å². The number of hydrogen-bond acceptors (Lipinski definition) is 5. The molecule has 0 aliphatic rings. The number of anilines is 1. The van der Waals surface area contributed by atoms with Crippen molar-refractivity contribution in [1.29, 1.82) is 0 Å². The van der Waals surface area contributed by atoms with Gasteiger partial charge in [-0.3, -0.25) is 9.52 Å². The highest BCUT2D eigenvalue weighted by Crippen LogP contribution is 2.18. The maximum absolute atomic E-state index is 13.9. The number of nitrogens with one attached hydrogen (secondary N) is 3. The van der Waals surface area contributed by atoms with Crippen LogP contribution in [0.25, 0.3) is 0 Å². The highest BCUT2D eigenvalue weighted by molar-refractivity contribution is 7.93. The van der Waals surface area contributed by atoms with Gasteiger partial charge in [-0.1, -0.05) is 51.1 Å². The van der Waals surface area contributed by atoms with Crippen LogP contribution >= 0.6 is 0 Å². The average Bonchev–Trinajstić information content (AvgIpc) is 2.92. The number of aliphatic hydroxyl groups excluding tert-OH is 1. The summed E-state index contributed by atoms with van der Waals surface area (Å²) in [6, 6.07) is 16.3. The quantitative estimate of drug-likeness (QED) is 0.201. The van der Waals surface area contributed by atoms with Gasteiger partial charge in [-0.2, -0.15) is 0 Å². The first-order chi connectivity index (χ1) is 19.5. The van der Waals surface area contributed by atoms with Crippen LogP contribution in [0.3, 0.4) is 0 Å². The van der Waals surface area contributed by atoms with Gasteiger partial charge in [0.1, 0.15) is 11.6 Å². The van der Waals surface area contributed by atoms with E-state index in [0.717, 1.165) is 30.2 Å². The van der Waals surface area contributed by atoms with Crippen LogP contribution in [0.1, 0.15) is 60.7 Å². The van der Waals surface area contributed by atoms with Crippen LogP contribution in [0.2, 0.25) is 0 Å². The molecule has 0 bridgehead atoms. The van der Waals surface area contributed by atoms with Crippen LogP contribution in [0, 0.1) is 11.6 Å². The summed E-state index contributed by atoms with van der Waals surface area (Å²) in [5.41, 5.74) is 2.91. The molecule has 0 saturated heterocycles. The number of aryl methyl sites for hydroxylation is 1. The molecule has 0 unspecified atom stereocenters. The second-order valence-electron chi connectivity index (χ2n) is 10.1. The minimum atomic E-state index is -3.64. The van der Waals surface area contributed by atoms with Crippen LogP contribution < -0.4 is 15.4 Å². The van der Waals surface area contributed by atoms with E-state index in [2.05, 4.69) is 28.3 Å². The number of hydrogen-bond donors (Lipinski definition) is 4. The molecule has 7 nitrogen and oxygen atoms in total. The molecule has 10 heteroatoms. The third kappa shape index (κ3) is 9.62. The van der Waals surface area contributed by atoms with Gasteiger partial charge in [-0.15, -0.1) is 0 Å². The van der Waals surface area contributed by atoms with Crippen molar-refractivity contribution in [3.63, 3.8) is 0 Å². The van der Waals surface area contributed by atoms with E-state index in [9.17, 15) is 27.1 Å². The summed E-state index contributed by atoms with van der Waals surface area (Å²) in [5, 5.41) is 16.4. The van der Waals surface area contributed by atoms with E-state index in [1.165, 1.54) is 17.7 Å². The van der Waals surface area contributed by atoms with Crippen molar-refractivity contribution in [3.05, 3.63) is 101 Å². The number of sulfonamides is 1. The van der Waals surface area contributed by atoms with Crippen molar-refractivity contribution in [2.45, 2.75) is 70.4 Å². The number of rotatable bonds is 15. The SMILES string of the molecule is CCc1cccc(CNC[C@@H](O)[C@H](Cc2cc(F)cc(F)c2)NC(=O)c2cccc(NS(=O)(=O)C(CC)CC)c2)c1. The molecular weight excluding hydrogens is 548 g/mol. The Morgan fingerprint density at radius 3 is 2.20 bits per heavy atom. The third-order valence-electron chi connectivity index (χ3n) is 6.98. The van der Waals surface area contributed by atoms with Crippen LogP contribution in [-0.4, -0.2) is 43.4 Å². The van der Waals surface area contributed by atoms with Gasteiger partial charge in [0, 0.05) is 30.4 Å². The lowest BCUT2D eigenvalue weighted by Crippen LogP contribution is -2.48. The maximum Gasteiger partial charge on any atom is 0.251 e. The third-order valence-corrected chi connectivity index (χ3v) is 9.04. The van der Waals surface area contributed by atoms with Gasteiger partial charge >= 0.3 is 0 Å². The van der Waals surface area contributed by atoms with E-state index >= 15 is 0 Å². The summed E-state index contributed by atoms with van der Waals surface area (Å²) in [6.07, 6.45) is 0.663. The van der Waals surface area contributed by atoms with Gasteiger partial charge in [0.2, 0.25) is 10.0 Å². The first kappa shape index (κ1) is 32.2. The monoisotopic (exact) mass is 587 g/mol. The molecule has 0 radical (unpaired) electrons. The first-order valence-electron chi connectivity index (χ1n) is 13.9. The zero-order chi connectivity index (χ0) is 30.0. The van der Waals surface area contributed by atoms with E-state index in [1.807, 2.05) is 18.2 Å². The molecule has 0 aromatic heterocycles. The fourth-order valence-electron chi connectivity index (χ4n) is 4.68. The predicted octanol–water partition coefficient (Wildman–Crippen LogP) is 4.95. The summed E-state index contributed by atoms with van der Waals surface area (Å²) in [4.78, 5) is 13.2. The van der Waals surface area contributed by atoms with Crippen molar-refractivity contribution < 1.29 is 27.1 Å². The first-order valence-corrected chi connectivity index (χ1v) is 15.4. The Morgan fingerprint density at radius 1 is 0.878 bits per heavy atom. The zero-order valence-corrected chi connectivity index (χ0v) is 24.5. The Bertz CT molecular complexity index is 1390. The number of halogens is 2. The molecule has 41 heavy (non-hydrogen) atoms. The summed E-state index contributed by atoms with van der Waals surface area (Å²) in [7, 11) is -3.64. The van der Waals surface area contributed by atoms with Crippen molar-refractivity contribution in [3.8, 4) is 0 Å². The second kappa shape index (κ2) is 15.0. The normalized spacial score (nSPS) is 13.1. The van der Waals surface area contributed by atoms with Gasteiger partial charge in [-0.05, 0) is 72.7 Å². The molecule has 0 spiro atoms. The van der Waals surface area contributed by atoms with Crippen LogP contribution in [-0.2, 0) is 29.4 Å². The number of amides is 1. The standard InChI is InChI=1S/C31H39F2N3O4S/c1-4-21-9-7-10-22(13-21)19-34-20-30(37)29(16-23-14-25(32)18-26(33)15-23)35-31(38)24-11-8-12-27(17-24)36-41(39,40)28(5-2)6-3/h7-15,17-18,28-30,34,36-37H,4-6,16,19-20H2,1-3H3,(H,35,38)/t29-,30+/m0/s1. The smallest absolute Gasteiger partial charge is 0.251 e. The molecule has 0 aliphatic carbocycles. The molecule has 0 saturated carbocycles. The van der Waals surface area contributed by atoms with E-state index in [-0.39, 0.29) is 29.8 Å². The molecule has 222 valence electrons. The van der Waals surface area contributed by atoms with Crippen LogP contribution in [0.4, 0.5) is 14.5 Å². The van der Waals surface area contributed by atoms with Gasteiger partial charge in [0.05, 0.1) is 17.4 Å². The molecular formula is C31H39F2N3O4S. The predicted molar refractivity (Wildman–Crippen MR) is 158 cm³/mol. The van der Waals surface area contributed by atoms with Gasteiger partial charge < -0.3 is 15.7 Å². The average molecular weight is 588 g/mol. The zero-order valence-electron chi connectivity index (χ0n) is 23.7. The van der Waals surface area contributed by atoms with E-state index < -0.39 is 45.0 Å². The molecule has 0 heterocycles. The molecule has 0 fully saturated rings. The minimum absolute atomic E-state index is 0.0322. The lowest BCUT2D eigenvalue weighted by Gasteiger charge is -2.25. The summed E-state index contributed by atoms with van der Waals surface area (Å²) in [6.45, 7) is 6.25. The molecule has 3 aromatic rings. The van der Waals surface area contributed by atoms with Gasteiger partial charge in [0.15, 0.2) is 0 Å². The summed E-state index contributed by atoms with van der Waals surface area (Å²) < 4.78 is 55.7. The molecule has 3 rings (SSSR count). The number of carbonyl (C=O) groups is 1. The molecule has 3 aromatic carbocycles. The number of carbonyl (C=O) groups excluding carboxylic acids is 1. The second-order valence-corrected chi connectivity index (χ2v) is 12.1. The summed E-state index contributed by atoms with van der Waals surface area (Å²) >= 11 is 0. The van der Waals surface area contributed by atoms with Crippen molar-refractivity contribution in [2.24, 2.45) is 0 Å². The fraction of sp³-hybridized carbons (Fsp3) is 0.387. The van der Waals surface area contributed by atoms with Crippen molar-refractivity contribution >= 4 is 21.6 Å². The Labute approximate surface area is 241 Å². The topological polar surface area (TPSA) is 108 Å².